The summed E-state index contributed by atoms with van der Waals surface area (Å²) in [5, 5.41) is 10.2. The molecule has 1 fully saturated rings. The van der Waals surface area contributed by atoms with Crippen molar-refractivity contribution in [2.24, 2.45) is 0 Å². The third-order valence-electron chi connectivity index (χ3n) is 3.41. The van der Waals surface area contributed by atoms with E-state index in [-0.39, 0.29) is 42.7 Å². The van der Waals surface area contributed by atoms with Crippen LogP contribution in [0.2, 0.25) is 0 Å². The Bertz CT molecular complexity index is 732. The Morgan fingerprint density at radius 2 is 2.12 bits per heavy atom. The van der Waals surface area contributed by atoms with E-state index in [1.165, 1.54) is 48.0 Å². The minimum Gasteiger partial charge on any atom is -0.507 e. The third kappa shape index (κ3) is 4.92. The number of thioether (sulfide) groups is 1. The number of esters is 2. The van der Waals surface area contributed by atoms with Gasteiger partial charge in [-0.2, -0.15) is 0 Å². The topological polar surface area (TPSA) is 102 Å². The van der Waals surface area contributed by atoms with Crippen LogP contribution in [0.25, 0.3) is 0 Å². The molecule has 0 spiro atoms. The maximum Gasteiger partial charge on any atom is 0.342 e. The lowest BCUT2D eigenvalue weighted by atomic mass is 10.2. The number of benzene rings is 1. The van der Waals surface area contributed by atoms with Crippen molar-refractivity contribution in [2.45, 2.75) is 6.92 Å². The lowest BCUT2D eigenvalue weighted by Crippen LogP contribution is -2.29. The van der Waals surface area contributed by atoms with Crippen molar-refractivity contribution in [3.63, 3.8) is 0 Å². The highest BCUT2D eigenvalue weighted by molar-refractivity contribution is 8.04. The maximum atomic E-state index is 12.1. The first kappa shape index (κ1) is 19.6. The zero-order valence-corrected chi connectivity index (χ0v) is 15.2. The molecule has 0 radical (unpaired) electrons. The Morgan fingerprint density at radius 1 is 1.35 bits per heavy atom. The number of nitrogens with zero attached hydrogens (tertiary/aromatic N) is 1. The summed E-state index contributed by atoms with van der Waals surface area (Å²) in [6, 6.07) is 4.20. The van der Waals surface area contributed by atoms with Gasteiger partial charge in [-0.25, -0.2) is 9.59 Å². The van der Waals surface area contributed by atoms with Gasteiger partial charge in [0.2, 0.25) is 5.91 Å². The van der Waals surface area contributed by atoms with Crippen molar-refractivity contribution in [3.05, 3.63) is 34.9 Å². The summed E-state index contributed by atoms with van der Waals surface area (Å²) in [7, 11) is 1.44. The fourth-order valence-corrected chi connectivity index (χ4v) is 3.12. The average Bonchev–Trinajstić information content (AvgIpc) is 2.95. The van der Waals surface area contributed by atoms with Gasteiger partial charge in [-0.15, -0.1) is 0 Å². The number of rotatable bonds is 7. The van der Waals surface area contributed by atoms with Crippen LogP contribution in [0.4, 0.5) is 0 Å². The SMILES string of the molecule is CCOC(=O)/C=C1/SCC(=O)N1CCOC(=O)c1cc(OC)ccc1O. The zero-order chi connectivity index (χ0) is 19.1. The number of phenols is 1. The van der Waals surface area contributed by atoms with Crippen LogP contribution in [0.1, 0.15) is 17.3 Å². The molecule has 140 valence electrons. The van der Waals surface area contributed by atoms with Crippen molar-refractivity contribution in [3.8, 4) is 11.5 Å². The molecule has 1 N–H and O–H groups in total. The minimum atomic E-state index is -0.739. The van der Waals surface area contributed by atoms with Crippen molar-refractivity contribution in [1.29, 1.82) is 0 Å². The fourth-order valence-electron chi connectivity index (χ4n) is 2.17. The largest absolute Gasteiger partial charge is 0.507 e. The summed E-state index contributed by atoms with van der Waals surface area (Å²) >= 11 is 1.22. The van der Waals surface area contributed by atoms with Gasteiger partial charge in [-0.05, 0) is 25.1 Å². The monoisotopic (exact) mass is 381 g/mol. The van der Waals surface area contributed by atoms with E-state index in [4.69, 9.17) is 14.2 Å². The molecule has 9 heteroatoms. The van der Waals surface area contributed by atoms with E-state index in [1.54, 1.807) is 6.92 Å². The molecule has 1 aliphatic heterocycles. The van der Waals surface area contributed by atoms with Gasteiger partial charge in [-0.1, -0.05) is 11.8 Å². The number of hydrogen-bond donors (Lipinski definition) is 1. The maximum absolute atomic E-state index is 12.1. The Morgan fingerprint density at radius 3 is 2.81 bits per heavy atom. The number of aromatic hydroxyl groups is 1. The van der Waals surface area contributed by atoms with Crippen LogP contribution in [0.15, 0.2) is 29.3 Å². The summed E-state index contributed by atoms with van der Waals surface area (Å²) in [5.41, 5.74) is -0.0336. The molecular formula is C17H19NO7S. The number of carbonyl (C=O) groups is 3. The number of hydrogen-bond acceptors (Lipinski definition) is 8. The van der Waals surface area contributed by atoms with E-state index in [0.717, 1.165) is 0 Å². The number of methoxy groups -OCH3 is 1. The predicted octanol–water partition coefficient (Wildman–Crippen LogP) is 1.54. The Kier molecular flexibility index (Phi) is 6.90. The molecule has 0 atom stereocenters. The molecule has 0 bridgehead atoms. The Hall–Kier alpha value is -2.68. The summed E-state index contributed by atoms with van der Waals surface area (Å²) in [4.78, 5) is 36.9. The predicted molar refractivity (Wildman–Crippen MR) is 93.8 cm³/mol. The molecule has 0 unspecified atom stereocenters. The molecule has 0 saturated carbocycles. The summed E-state index contributed by atoms with van der Waals surface area (Å²) in [6.45, 7) is 1.92. The second-order valence-corrected chi connectivity index (χ2v) is 6.08. The van der Waals surface area contributed by atoms with Crippen molar-refractivity contribution < 1.29 is 33.7 Å². The van der Waals surface area contributed by atoms with Crippen LogP contribution in [-0.2, 0) is 19.1 Å². The van der Waals surface area contributed by atoms with Crippen LogP contribution in [-0.4, -0.2) is 60.5 Å². The van der Waals surface area contributed by atoms with E-state index >= 15 is 0 Å². The highest BCUT2D eigenvalue weighted by Crippen LogP contribution is 2.28. The second-order valence-electron chi connectivity index (χ2n) is 5.09. The average molecular weight is 381 g/mol. The zero-order valence-electron chi connectivity index (χ0n) is 14.4. The quantitative estimate of drug-likeness (QED) is 0.560. The number of phenolic OH excluding ortho intramolecular Hbond substituents is 1. The Labute approximate surface area is 154 Å². The molecule has 1 heterocycles. The van der Waals surface area contributed by atoms with Crippen molar-refractivity contribution in [2.75, 3.05) is 32.6 Å². The number of carbonyl (C=O) groups excluding carboxylic acids is 3. The van der Waals surface area contributed by atoms with Crippen LogP contribution in [0.3, 0.4) is 0 Å². The molecule has 26 heavy (non-hydrogen) atoms. The van der Waals surface area contributed by atoms with E-state index in [0.29, 0.717) is 10.8 Å². The standard InChI is InChI=1S/C17H19NO7S/c1-3-24-16(21)9-15-18(14(20)10-26-15)6-7-25-17(22)12-8-11(23-2)4-5-13(12)19/h4-5,8-9,19H,3,6-7,10H2,1-2H3/b15-9+. The molecule has 0 aromatic heterocycles. The highest BCUT2D eigenvalue weighted by atomic mass is 32.2. The van der Waals surface area contributed by atoms with Gasteiger partial charge in [0.05, 0.1) is 37.1 Å². The third-order valence-corrected chi connectivity index (χ3v) is 4.44. The summed E-state index contributed by atoms with van der Waals surface area (Å²) < 4.78 is 15.0. The van der Waals surface area contributed by atoms with Gasteiger partial charge in [-0.3, -0.25) is 4.79 Å². The molecule has 1 saturated heterocycles. The first-order valence-corrected chi connectivity index (χ1v) is 8.80. The van der Waals surface area contributed by atoms with E-state index in [2.05, 4.69) is 0 Å². The molecule has 0 aliphatic carbocycles. The van der Waals surface area contributed by atoms with Gasteiger partial charge in [0.1, 0.15) is 23.7 Å². The van der Waals surface area contributed by atoms with Gasteiger partial charge in [0, 0.05) is 0 Å². The smallest absolute Gasteiger partial charge is 0.342 e. The molecule has 1 aromatic carbocycles. The van der Waals surface area contributed by atoms with Crippen LogP contribution < -0.4 is 4.74 Å². The van der Waals surface area contributed by atoms with E-state index in [9.17, 15) is 19.5 Å². The normalized spacial score (nSPS) is 15.2. The first-order valence-electron chi connectivity index (χ1n) is 7.82. The molecule has 1 aliphatic rings. The molecular weight excluding hydrogens is 362 g/mol. The van der Waals surface area contributed by atoms with Crippen molar-refractivity contribution in [1.82, 2.24) is 4.90 Å². The van der Waals surface area contributed by atoms with E-state index in [1.807, 2.05) is 0 Å². The lowest BCUT2D eigenvalue weighted by Gasteiger charge is -2.17. The molecule has 8 nitrogen and oxygen atoms in total. The highest BCUT2D eigenvalue weighted by Gasteiger charge is 2.27. The minimum absolute atomic E-state index is 0.0336. The summed E-state index contributed by atoms with van der Waals surface area (Å²) in [6.07, 6.45) is 1.24. The lowest BCUT2D eigenvalue weighted by molar-refractivity contribution is -0.137. The van der Waals surface area contributed by atoms with Crippen LogP contribution >= 0.6 is 11.8 Å². The number of ether oxygens (including phenoxy) is 3. The molecule has 2 rings (SSSR count). The van der Waals surface area contributed by atoms with E-state index < -0.39 is 11.9 Å². The van der Waals surface area contributed by atoms with Crippen molar-refractivity contribution >= 4 is 29.6 Å². The van der Waals surface area contributed by atoms with Crippen LogP contribution in [0.5, 0.6) is 11.5 Å². The molecule has 1 aromatic rings. The summed E-state index contributed by atoms with van der Waals surface area (Å²) in [5.74, 6) is -1.09. The fraction of sp³-hybridized carbons (Fsp3) is 0.353. The van der Waals surface area contributed by atoms with Gasteiger partial charge < -0.3 is 24.2 Å². The Balaban J connectivity index is 1.96. The number of amides is 1. The van der Waals surface area contributed by atoms with Gasteiger partial charge in [0.15, 0.2) is 0 Å². The molecule has 1 amide bonds. The van der Waals surface area contributed by atoms with Crippen LogP contribution in [0, 0.1) is 0 Å². The van der Waals surface area contributed by atoms with Gasteiger partial charge >= 0.3 is 11.9 Å². The second kappa shape index (κ2) is 9.14. The van der Waals surface area contributed by atoms with Gasteiger partial charge in [0.25, 0.3) is 0 Å². The first-order chi connectivity index (χ1) is 12.5.